The lowest BCUT2D eigenvalue weighted by molar-refractivity contribution is 0.0698. The quantitative estimate of drug-likeness (QED) is 0.579. The van der Waals surface area contributed by atoms with Crippen molar-refractivity contribution in [3.63, 3.8) is 0 Å². The van der Waals surface area contributed by atoms with Gasteiger partial charge in [-0.25, -0.2) is 4.79 Å². The number of rotatable bonds is 6. The van der Waals surface area contributed by atoms with Gasteiger partial charge in [0.1, 0.15) is 0 Å². The molecule has 1 aromatic rings. The van der Waals surface area contributed by atoms with Crippen LogP contribution in [0.4, 0.5) is 11.4 Å². The highest BCUT2D eigenvalue weighted by atomic mass is 16.4. The zero-order valence-corrected chi connectivity index (χ0v) is 10.7. The van der Waals surface area contributed by atoms with Crippen molar-refractivity contribution < 1.29 is 15.0 Å². The van der Waals surface area contributed by atoms with Gasteiger partial charge < -0.3 is 21.3 Å². The van der Waals surface area contributed by atoms with E-state index in [-0.39, 0.29) is 11.7 Å². The van der Waals surface area contributed by atoms with Crippen LogP contribution in [0.25, 0.3) is 0 Å². The molecular weight excluding hydrogens is 232 g/mol. The summed E-state index contributed by atoms with van der Waals surface area (Å²) in [5, 5.41) is 21.5. The van der Waals surface area contributed by atoms with Gasteiger partial charge in [0, 0.05) is 17.9 Å². The first-order valence-corrected chi connectivity index (χ1v) is 6.01. The number of carbonyl (C=O) groups is 1. The number of benzene rings is 1. The Bertz CT molecular complexity index is 432. The summed E-state index contributed by atoms with van der Waals surface area (Å²) < 4.78 is 0. The zero-order chi connectivity index (χ0) is 13.7. The lowest BCUT2D eigenvalue weighted by atomic mass is 10.1. The number of nitrogens with two attached hydrogens (primary N) is 1. The summed E-state index contributed by atoms with van der Waals surface area (Å²) in [6, 6.07) is 3.32. The number of hydrogen-bond donors (Lipinski definition) is 4. The maximum absolute atomic E-state index is 11.0. The number of carboxylic acids is 1. The highest BCUT2D eigenvalue weighted by Gasteiger charge is 2.11. The highest BCUT2D eigenvalue weighted by Crippen LogP contribution is 2.22. The highest BCUT2D eigenvalue weighted by molar-refractivity contribution is 5.95. The van der Waals surface area contributed by atoms with Crippen molar-refractivity contribution in [3.8, 4) is 0 Å². The Labute approximate surface area is 107 Å². The molecular formula is C13H20N2O3. The van der Waals surface area contributed by atoms with Crippen LogP contribution in [0.15, 0.2) is 12.1 Å². The molecule has 1 unspecified atom stereocenters. The molecule has 0 fully saturated rings. The van der Waals surface area contributed by atoms with E-state index in [0.29, 0.717) is 30.8 Å². The minimum Gasteiger partial charge on any atom is -0.478 e. The van der Waals surface area contributed by atoms with E-state index in [1.165, 1.54) is 6.07 Å². The molecule has 5 nitrogen and oxygen atoms in total. The molecule has 0 saturated carbocycles. The molecule has 18 heavy (non-hydrogen) atoms. The summed E-state index contributed by atoms with van der Waals surface area (Å²) in [6.45, 7) is 4.28. The third kappa shape index (κ3) is 3.63. The Hall–Kier alpha value is -1.75. The van der Waals surface area contributed by atoms with Crippen LogP contribution in [0, 0.1) is 6.92 Å². The van der Waals surface area contributed by atoms with E-state index in [4.69, 9.17) is 10.8 Å². The summed E-state index contributed by atoms with van der Waals surface area (Å²) in [7, 11) is 0. The molecule has 5 heteroatoms. The van der Waals surface area contributed by atoms with Gasteiger partial charge in [-0.05, 0) is 37.5 Å². The minimum atomic E-state index is -1.03. The summed E-state index contributed by atoms with van der Waals surface area (Å²) in [5.74, 6) is -1.03. The average Bonchev–Trinajstić information content (AvgIpc) is 2.32. The maximum atomic E-state index is 11.0. The van der Waals surface area contributed by atoms with Crippen LogP contribution in [0.2, 0.25) is 0 Å². The largest absolute Gasteiger partial charge is 0.478 e. The van der Waals surface area contributed by atoms with E-state index in [0.717, 1.165) is 5.56 Å². The number of nitrogen functional groups attached to an aromatic ring is 1. The Morgan fingerprint density at radius 2 is 2.17 bits per heavy atom. The van der Waals surface area contributed by atoms with Crippen molar-refractivity contribution in [2.75, 3.05) is 17.6 Å². The van der Waals surface area contributed by atoms with Crippen molar-refractivity contribution in [1.29, 1.82) is 0 Å². The van der Waals surface area contributed by atoms with Gasteiger partial charge in [-0.3, -0.25) is 0 Å². The van der Waals surface area contributed by atoms with Gasteiger partial charge in [0.05, 0.1) is 11.7 Å². The third-order valence-corrected chi connectivity index (χ3v) is 2.90. The molecule has 0 aliphatic heterocycles. The second kappa shape index (κ2) is 6.26. The number of nitrogens with one attached hydrogen (secondary N) is 1. The van der Waals surface area contributed by atoms with E-state index in [1.807, 2.05) is 6.92 Å². The van der Waals surface area contributed by atoms with Crippen molar-refractivity contribution >= 4 is 17.3 Å². The number of aliphatic hydroxyl groups excluding tert-OH is 1. The lowest BCUT2D eigenvalue weighted by Gasteiger charge is -2.12. The van der Waals surface area contributed by atoms with Crippen molar-refractivity contribution in [3.05, 3.63) is 23.3 Å². The van der Waals surface area contributed by atoms with Crippen LogP contribution < -0.4 is 11.1 Å². The van der Waals surface area contributed by atoms with Crippen molar-refractivity contribution in [2.24, 2.45) is 0 Å². The van der Waals surface area contributed by atoms with Crippen LogP contribution in [-0.2, 0) is 0 Å². The van der Waals surface area contributed by atoms with Crippen LogP contribution in [0.3, 0.4) is 0 Å². The van der Waals surface area contributed by atoms with Crippen LogP contribution >= 0.6 is 0 Å². The predicted octanol–water partition coefficient (Wildman–Crippen LogP) is 1.85. The van der Waals surface area contributed by atoms with Gasteiger partial charge in [0.2, 0.25) is 0 Å². The second-order valence-electron chi connectivity index (χ2n) is 4.34. The topological polar surface area (TPSA) is 95.6 Å². The van der Waals surface area contributed by atoms with Gasteiger partial charge in [0.25, 0.3) is 0 Å². The molecule has 0 heterocycles. The van der Waals surface area contributed by atoms with Gasteiger partial charge in [-0.2, -0.15) is 0 Å². The van der Waals surface area contributed by atoms with E-state index in [2.05, 4.69) is 5.32 Å². The van der Waals surface area contributed by atoms with E-state index < -0.39 is 5.97 Å². The van der Waals surface area contributed by atoms with Crippen LogP contribution in [-0.4, -0.2) is 28.8 Å². The molecule has 0 radical (unpaired) electrons. The fourth-order valence-electron chi connectivity index (χ4n) is 1.66. The fourth-order valence-corrected chi connectivity index (χ4v) is 1.66. The summed E-state index contributed by atoms with van der Waals surface area (Å²) >= 11 is 0. The minimum absolute atomic E-state index is 0.105. The first-order valence-electron chi connectivity index (χ1n) is 6.01. The molecule has 0 saturated heterocycles. The summed E-state index contributed by atoms with van der Waals surface area (Å²) in [6.07, 6.45) is 1.01. The van der Waals surface area contributed by atoms with Crippen LogP contribution in [0.5, 0.6) is 0 Å². The third-order valence-electron chi connectivity index (χ3n) is 2.90. The monoisotopic (exact) mass is 252 g/mol. The first-order chi connectivity index (χ1) is 8.45. The van der Waals surface area contributed by atoms with E-state index >= 15 is 0 Å². The Balaban J connectivity index is 2.75. The number of aliphatic hydroxyl groups is 1. The molecule has 0 amide bonds. The van der Waals surface area contributed by atoms with Gasteiger partial charge in [-0.15, -0.1) is 0 Å². The Morgan fingerprint density at radius 3 is 2.72 bits per heavy atom. The molecule has 100 valence electrons. The molecule has 0 bridgehead atoms. The van der Waals surface area contributed by atoms with Gasteiger partial charge >= 0.3 is 5.97 Å². The number of anilines is 2. The molecule has 5 N–H and O–H groups in total. The van der Waals surface area contributed by atoms with E-state index in [1.54, 1.807) is 13.0 Å². The van der Waals surface area contributed by atoms with Crippen LogP contribution in [0.1, 0.15) is 35.7 Å². The molecule has 0 aliphatic rings. The molecule has 0 spiro atoms. The Morgan fingerprint density at radius 1 is 1.50 bits per heavy atom. The average molecular weight is 252 g/mol. The van der Waals surface area contributed by atoms with Gasteiger partial charge in [0.15, 0.2) is 0 Å². The number of aromatic carboxylic acids is 1. The van der Waals surface area contributed by atoms with Crippen molar-refractivity contribution in [1.82, 2.24) is 0 Å². The smallest absolute Gasteiger partial charge is 0.337 e. The molecule has 1 rings (SSSR count). The maximum Gasteiger partial charge on any atom is 0.337 e. The molecule has 0 aromatic heterocycles. The second-order valence-corrected chi connectivity index (χ2v) is 4.34. The van der Waals surface area contributed by atoms with Gasteiger partial charge in [-0.1, -0.05) is 6.92 Å². The van der Waals surface area contributed by atoms with E-state index in [9.17, 15) is 9.90 Å². The predicted molar refractivity (Wildman–Crippen MR) is 72.0 cm³/mol. The number of carboxylic acid groups (broad SMARTS) is 1. The lowest BCUT2D eigenvalue weighted by Crippen LogP contribution is -2.13. The number of hydrogen-bond acceptors (Lipinski definition) is 4. The Kier molecular flexibility index (Phi) is 4.97. The zero-order valence-electron chi connectivity index (χ0n) is 10.7. The standard InChI is InChI=1S/C13H20N2O3/c1-3-10(16)4-5-15-9-6-8(2)12(14)11(7-9)13(17)18/h6-7,10,15-16H,3-5,14H2,1-2H3,(H,17,18). The normalized spacial score (nSPS) is 12.2. The summed E-state index contributed by atoms with van der Waals surface area (Å²) in [5.41, 5.74) is 7.54. The molecule has 1 atom stereocenters. The van der Waals surface area contributed by atoms with Crippen molar-refractivity contribution in [2.45, 2.75) is 32.8 Å². The SMILES string of the molecule is CCC(O)CCNc1cc(C)c(N)c(C(=O)O)c1. The first kappa shape index (κ1) is 14.3. The number of aryl methyl sites for hydroxylation is 1. The molecule has 0 aliphatic carbocycles. The fraction of sp³-hybridized carbons (Fsp3) is 0.462. The summed E-state index contributed by atoms with van der Waals surface area (Å²) in [4.78, 5) is 11.0. The molecule has 1 aromatic carbocycles.